The number of quaternary nitrogens is 1. The standard InChI is InChI=1S/C15H33N6.CH4.HI/c1-19(2)14(16)18-15(17)20(3)10-6-9-13-21(4)11-7-5-8-12-21;;/h5-13H2,1-4H3,(H3,16,17,18);1H4;1H/q+1;;/p-1. The Morgan fingerprint density at radius 3 is 2.22 bits per heavy atom. The number of piperidine rings is 1. The lowest BCUT2D eigenvalue weighted by atomic mass is 10.1. The van der Waals surface area contributed by atoms with E-state index < -0.39 is 0 Å². The zero-order valence-corrected chi connectivity index (χ0v) is 16.8. The SMILES string of the molecule is C.CN(C)C(N)=NC(=N)N(C)CCCC[N+]1(C)CCCCC1.[I-]. The summed E-state index contributed by atoms with van der Waals surface area (Å²) in [6, 6.07) is 0. The van der Waals surface area contributed by atoms with Crippen molar-refractivity contribution in [3.8, 4) is 0 Å². The van der Waals surface area contributed by atoms with Gasteiger partial charge in [-0.05, 0) is 32.1 Å². The van der Waals surface area contributed by atoms with Crippen molar-refractivity contribution in [2.45, 2.75) is 39.5 Å². The van der Waals surface area contributed by atoms with Crippen LogP contribution in [0.15, 0.2) is 4.99 Å². The Morgan fingerprint density at radius 2 is 1.70 bits per heavy atom. The molecule has 1 fully saturated rings. The van der Waals surface area contributed by atoms with E-state index in [-0.39, 0.29) is 37.4 Å². The molecule has 0 spiro atoms. The monoisotopic (exact) mass is 440 g/mol. The van der Waals surface area contributed by atoms with Crippen LogP contribution in [0.1, 0.15) is 39.5 Å². The van der Waals surface area contributed by atoms with Gasteiger partial charge < -0.3 is 44.0 Å². The van der Waals surface area contributed by atoms with Crippen LogP contribution in [0.2, 0.25) is 0 Å². The summed E-state index contributed by atoms with van der Waals surface area (Å²) >= 11 is 0. The molecule has 0 aromatic carbocycles. The number of halogens is 1. The topological polar surface area (TPSA) is 68.7 Å². The first-order chi connectivity index (χ1) is 9.84. The molecular weight excluding hydrogens is 403 g/mol. The molecule has 138 valence electrons. The molecule has 0 radical (unpaired) electrons. The minimum atomic E-state index is 0. The fourth-order valence-electron chi connectivity index (χ4n) is 2.74. The van der Waals surface area contributed by atoms with E-state index in [1.165, 1.54) is 49.8 Å². The molecule has 23 heavy (non-hydrogen) atoms. The van der Waals surface area contributed by atoms with Crippen LogP contribution in [-0.4, -0.2) is 80.6 Å². The van der Waals surface area contributed by atoms with Gasteiger partial charge in [0.15, 0.2) is 5.96 Å². The van der Waals surface area contributed by atoms with Gasteiger partial charge in [-0.2, -0.15) is 4.99 Å². The highest BCUT2D eigenvalue weighted by atomic mass is 127. The van der Waals surface area contributed by atoms with E-state index >= 15 is 0 Å². The molecule has 0 amide bonds. The maximum Gasteiger partial charge on any atom is 0.220 e. The lowest BCUT2D eigenvalue weighted by Gasteiger charge is -2.38. The van der Waals surface area contributed by atoms with Gasteiger partial charge in [-0.3, -0.25) is 5.41 Å². The normalized spacial score (nSPS) is 16.8. The molecule has 0 aromatic heterocycles. The van der Waals surface area contributed by atoms with Gasteiger partial charge in [-0.15, -0.1) is 0 Å². The predicted octanol–water partition coefficient (Wildman–Crippen LogP) is -1.22. The molecule has 3 N–H and O–H groups in total. The molecule has 1 saturated heterocycles. The highest BCUT2D eigenvalue weighted by Gasteiger charge is 2.23. The summed E-state index contributed by atoms with van der Waals surface area (Å²) in [4.78, 5) is 7.66. The van der Waals surface area contributed by atoms with E-state index in [0.29, 0.717) is 5.96 Å². The van der Waals surface area contributed by atoms with Crippen LogP contribution in [0.4, 0.5) is 0 Å². The van der Waals surface area contributed by atoms with Crippen molar-refractivity contribution in [2.24, 2.45) is 10.7 Å². The Bertz CT molecular complexity index is 364. The number of hydrogen-bond donors (Lipinski definition) is 2. The molecule has 7 heteroatoms. The molecule has 1 rings (SSSR count). The first kappa shape index (κ1) is 24.7. The lowest BCUT2D eigenvalue weighted by molar-refractivity contribution is -0.914. The molecule has 6 nitrogen and oxygen atoms in total. The van der Waals surface area contributed by atoms with Crippen LogP contribution >= 0.6 is 0 Å². The molecule has 0 saturated carbocycles. The van der Waals surface area contributed by atoms with Gasteiger partial charge in [0.2, 0.25) is 5.96 Å². The average Bonchev–Trinajstić information content (AvgIpc) is 2.43. The van der Waals surface area contributed by atoms with Crippen molar-refractivity contribution in [1.82, 2.24) is 9.80 Å². The summed E-state index contributed by atoms with van der Waals surface area (Å²) < 4.78 is 1.23. The molecular formula is C16H37IN6. The van der Waals surface area contributed by atoms with Crippen molar-refractivity contribution >= 4 is 11.9 Å². The molecule has 1 aliphatic rings. The maximum absolute atomic E-state index is 7.92. The van der Waals surface area contributed by atoms with E-state index in [2.05, 4.69) is 12.0 Å². The molecule has 0 atom stereocenters. The second-order valence-corrected chi connectivity index (χ2v) is 6.67. The third-order valence-corrected chi connectivity index (χ3v) is 4.38. The van der Waals surface area contributed by atoms with Crippen LogP contribution in [0.3, 0.4) is 0 Å². The van der Waals surface area contributed by atoms with Crippen LogP contribution in [-0.2, 0) is 0 Å². The molecule has 0 aromatic rings. The third-order valence-electron chi connectivity index (χ3n) is 4.38. The van der Waals surface area contributed by atoms with Gasteiger partial charge >= 0.3 is 0 Å². The van der Waals surface area contributed by atoms with E-state index in [1.807, 2.05) is 26.0 Å². The lowest BCUT2D eigenvalue weighted by Crippen LogP contribution is -3.00. The van der Waals surface area contributed by atoms with Gasteiger partial charge in [0.05, 0.1) is 26.7 Å². The Kier molecular flexibility index (Phi) is 12.8. The number of nitrogens with zero attached hydrogens (tertiary/aromatic N) is 4. The first-order valence-corrected chi connectivity index (χ1v) is 7.99. The number of rotatable bonds is 5. The minimum absolute atomic E-state index is 0. The van der Waals surface area contributed by atoms with Gasteiger partial charge in [0.25, 0.3) is 0 Å². The summed E-state index contributed by atoms with van der Waals surface area (Å²) in [6.07, 6.45) is 6.46. The summed E-state index contributed by atoms with van der Waals surface area (Å²) in [5, 5.41) is 7.92. The highest BCUT2D eigenvalue weighted by Crippen LogP contribution is 2.17. The summed E-state index contributed by atoms with van der Waals surface area (Å²) in [7, 11) is 7.95. The van der Waals surface area contributed by atoms with Crippen LogP contribution < -0.4 is 29.7 Å². The molecule has 1 heterocycles. The van der Waals surface area contributed by atoms with Crippen molar-refractivity contribution in [1.29, 1.82) is 5.41 Å². The number of guanidine groups is 2. The molecule has 1 aliphatic heterocycles. The van der Waals surface area contributed by atoms with Gasteiger partial charge in [-0.25, -0.2) is 0 Å². The van der Waals surface area contributed by atoms with Gasteiger partial charge in [-0.1, -0.05) is 7.43 Å². The van der Waals surface area contributed by atoms with E-state index in [0.717, 1.165) is 13.0 Å². The summed E-state index contributed by atoms with van der Waals surface area (Å²) in [5.41, 5.74) is 5.73. The van der Waals surface area contributed by atoms with Crippen LogP contribution in [0.5, 0.6) is 0 Å². The number of unbranched alkanes of at least 4 members (excludes halogenated alkanes) is 1. The van der Waals surface area contributed by atoms with Crippen molar-refractivity contribution < 1.29 is 28.5 Å². The highest BCUT2D eigenvalue weighted by molar-refractivity contribution is 5.92. The zero-order chi connectivity index (χ0) is 15.9. The summed E-state index contributed by atoms with van der Waals surface area (Å²) in [6.45, 7) is 4.78. The average molecular weight is 440 g/mol. The van der Waals surface area contributed by atoms with Gasteiger partial charge in [0.1, 0.15) is 0 Å². The second kappa shape index (κ2) is 11.9. The number of likely N-dealkylation sites (tertiary alicyclic amines) is 1. The maximum atomic E-state index is 7.92. The van der Waals surface area contributed by atoms with E-state index in [9.17, 15) is 0 Å². The number of aliphatic imine (C=N–C) groups is 1. The van der Waals surface area contributed by atoms with Crippen LogP contribution in [0, 0.1) is 5.41 Å². The van der Waals surface area contributed by atoms with Crippen LogP contribution in [0.25, 0.3) is 0 Å². The summed E-state index contributed by atoms with van der Waals surface area (Å²) in [5.74, 6) is 0.609. The Balaban J connectivity index is 0. The Labute approximate surface area is 160 Å². The fourth-order valence-corrected chi connectivity index (χ4v) is 2.74. The largest absolute Gasteiger partial charge is 1.00 e. The number of nitrogens with two attached hydrogens (primary N) is 1. The molecule has 0 bridgehead atoms. The minimum Gasteiger partial charge on any atom is -1.00 e. The molecule has 0 aliphatic carbocycles. The fraction of sp³-hybridized carbons (Fsp3) is 0.875. The predicted molar refractivity (Wildman–Crippen MR) is 96.3 cm³/mol. The van der Waals surface area contributed by atoms with E-state index in [1.54, 1.807) is 4.90 Å². The Morgan fingerprint density at radius 1 is 1.13 bits per heavy atom. The quantitative estimate of drug-likeness (QED) is 0.185. The van der Waals surface area contributed by atoms with Crippen molar-refractivity contribution in [3.05, 3.63) is 0 Å². The third kappa shape index (κ3) is 9.34. The second-order valence-electron chi connectivity index (χ2n) is 6.67. The number of nitrogens with one attached hydrogen (secondary N) is 1. The Hall–Kier alpha value is -0.570. The van der Waals surface area contributed by atoms with E-state index in [4.69, 9.17) is 11.1 Å². The molecule has 0 unspecified atom stereocenters. The number of hydrogen-bond acceptors (Lipinski definition) is 1. The smallest absolute Gasteiger partial charge is 0.220 e. The zero-order valence-electron chi connectivity index (χ0n) is 14.6. The first-order valence-electron chi connectivity index (χ1n) is 7.99. The van der Waals surface area contributed by atoms with Crippen molar-refractivity contribution in [3.63, 3.8) is 0 Å². The van der Waals surface area contributed by atoms with Gasteiger partial charge in [0, 0.05) is 27.7 Å². The van der Waals surface area contributed by atoms with Crippen molar-refractivity contribution in [2.75, 3.05) is 54.4 Å².